The lowest BCUT2D eigenvalue weighted by Gasteiger charge is -2.28. The van der Waals surface area contributed by atoms with Crippen molar-refractivity contribution in [2.75, 3.05) is 5.32 Å². The van der Waals surface area contributed by atoms with E-state index in [4.69, 9.17) is 10.7 Å². The van der Waals surface area contributed by atoms with Crippen LogP contribution in [0.15, 0.2) is 29.1 Å². The Labute approximate surface area is 173 Å². The summed E-state index contributed by atoms with van der Waals surface area (Å²) in [6, 6.07) is 7.73. The number of aromatic nitrogens is 3. The highest BCUT2D eigenvalue weighted by Gasteiger charge is 2.29. The first kappa shape index (κ1) is 18.9. The minimum atomic E-state index is -0.102. The summed E-state index contributed by atoms with van der Waals surface area (Å²) in [4.78, 5) is 33.4. The molecule has 0 radical (unpaired) electrons. The number of rotatable bonds is 3. The second kappa shape index (κ2) is 6.98. The number of amides is 1. The highest BCUT2D eigenvalue weighted by molar-refractivity contribution is 6.01. The minimum absolute atomic E-state index is 0.0650. The van der Waals surface area contributed by atoms with Gasteiger partial charge in [-0.25, -0.2) is 4.98 Å². The predicted octanol–water partition coefficient (Wildman–Crippen LogP) is 2.41. The third-order valence-electron chi connectivity index (χ3n) is 6.32. The molecule has 1 aliphatic carbocycles. The average Bonchev–Trinajstić information content (AvgIpc) is 3.27. The topological polar surface area (TPSA) is 118 Å². The van der Waals surface area contributed by atoms with Gasteiger partial charge in [0.2, 0.25) is 5.95 Å². The molecule has 2 aromatic heterocycles. The summed E-state index contributed by atoms with van der Waals surface area (Å²) >= 11 is 0. The van der Waals surface area contributed by atoms with E-state index in [0.717, 1.165) is 42.6 Å². The zero-order valence-corrected chi connectivity index (χ0v) is 17.2. The van der Waals surface area contributed by atoms with Gasteiger partial charge in [-0.1, -0.05) is 12.1 Å². The molecule has 1 saturated carbocycles. The number of carbonyl (C=O) groups excluding carboxylic acids is 1. The Balaban J connectivity index is 1.61. The van der Waals surface area contributed by atoms with Gasteiger partial charge < -0.3 is 21.4 Å². The van der Waals surface area contributed by atoms with E-state index in [2.05, 4.69) is 15.6 Å². The molecule has 3 aromatic rings. The normalized spacial score (nSPS) is 23.4. The second-order valence-electron chi connectivity index (χ2n) is 8.47. The number of benzene rings is 1. The largest absolute Gasteiger partial charge is 0.356 e. The van der Waals surface area contributed by atoms with Gasteiger partial charge in [0.15, 0.2) is 0 Å². The molecule has 156 valence electrons. The zero-order valence-electron chi connectivity index (χ0n) is 17.2. The van der Waals surface area contributed by atoms with E-state index in [9.17, 15) is 9.59 Å². The number of nitrogens with one attached hydrogen (secondary N) is 3. The Bertz CT molecular complexity index is 1210. The van der Waals surface area contributed by atoms with Crippen LogP contribution in [0.1, 0.15) is 54.7 Å². The van der Waals surface area contributed by atoms with Crippen LogP contribution in [0.2, 0.25) is 0 Å². The summed E-state index contributed by atoms with van der Waals surface area (Å²) in [6.07, 6.45) is 3.99. The van der Waals surface area contributed by atoms with E-state index in [0.29, 0.717) is 22.4 Å². The van der Waals surface area contributed by atoms with Gasteiger partial charge in [0.25, 0.3) is 11.5 Å². The first-order valence-corrected chi connectivity index (χ1v) is 10.5. The average molecular weight is 406 g/mol. The summed E-state index contributed by atoms with van der Waals surface area (Å²) in [5.74, 6) is 0.462. The Morgan fingerprint density at radius 2 is 2.07 bits per heavy atom. The molecule has 3 atom stereocenters. The molecule has 1 aliphatic heterocycles. The molecular formula is C22H26N6O2. The molecule has 2 aliphatic rings. The third-order valence-corrected chi connectivity index (χ3v) is 6.32. The van der Waals surface area contributed by atoms with E-state index in [1.807, 2.05) is 25.1 Å². The number of fused-ring (bicyclic) bond motifs is 2. The fourth-order valence-corrected chi connectivity index (χ4v) is 4.67. The molecule has 5 N–H and O–H groups in total. The molecule has 0 bridgehead atoms. The number of nitrogens with zero attached hydrogens (tertiary/aromatic N) is 2. The lowest BCUT2D eigenvalue weighted by molar-refractivity contribution is 0.0958. The van der Waals surface area contributed by atoms with Crippen LogP contribution in [0.4, 0.5) is 5.95 Å². The van der Waals surface area contributed by atoms with E-state index in [-0.39, 0.29) is 29.6 Å². The SMILES string of the molecule is CC1NC(=O)c2cc(-c3cccc4c(=O)n(C)c(N[C@H]5CCC[C@@H](N)C5)nc34)[nH]c21. The Kier molecular flexibility index (Phi) is 4.39. The maximum absolute atomic E-state index is 13.1. The lowest BCUT2D eigenvalue weighted by atomic mass is 9.92. The Morgan fingerprint density at radius 1 is 1.23 bits per heavy atom. The Morgan fingerprint density at radius 3 is 2.83 bits per heavy atom. The van der Waals surface area contributed by atoms with Gasteiger partial charge in [0.05, 0.1) is 28.2 Å². The number of H-pyrrole nitrogens is 1. The molecule has 8 heteroatoms. The molecule has 0 saturated heterocycles. The quantitative estimate of drug-likeness (QED) is 0.533. The first-order valence-electron chi connectivity index (χ1n) is 10.5. The molecule has 30 heavy (non-hydrogen) atoms. The molecule has 1 unspecified atom stereocenters. The van der Waals surface area contributed by atoms with Crippen molar-refractivity contribution >= 4 is 22.8 Å². The summed E-state index contributed by atoms with van der Waals surface area (Å²) in [6.45, 7) is 1.94. The Hall–Kier alpha value is -3.13. The molecule has 3 heterocycles. The molecule has 1 fully saturated rings. The smallest absolute Gasteiger partial charge is 0.262 e. The molecular weight excluding hydrogens is 380 g/mol. The highest BCUT2D eigenvalue weighted by atomic mass is 16.2. The van der Waals surface area contributed by atoms with Crippen molar-refractivity contribution in [1.82, 2.24) is 19.9 Å². The van der Waals surface area contributed by atoms with Gasteiger partial charge in [0, 0.05) is 30.4 Å². The number of hydrogen-bond acceptors (Lipinski definition) is 5. The molecule has 1 aromatic carbocycles. The van der Waals surface area contributed by atoms with Crippen LogP contribution in [0.25, 0.3) is 22.2 Å². The summed E-state index contributed by atoms with van der Waals surface area (Å²) in [5.41, 5.74) is 9.76. The molecule has 0 spiro atoms. The van der Waals surface area contributed by atoms with Crippen LogP contribution >= 0.6 is 0 Å². The van der Waals surface area contributed by atoms with Gasteiger partial charge >= 0.3 is 0 Å². The van der Waals surface area contributed by atoms with Crippen LogP contribution in [0.5, 0.6) is 0 Å². The zero-order chi connectivity index (χ0) is 21.0. The van der Waals surface area contributed by atoms with Crippen molar-refractivity contribution in [3.8, 4) is 11.3 Å². The summed E-state index contributed by atoms with van der Waals surface area (Å²) in [5, 5.41) is 6.88. The monoisotopic (exact) mass is 406 g/mol. The van der Waals surface area contributed by atoms with E-state index >= 15 is 0 Å². The van der Waals surface area contributed by atoms with Crippen LogP contribution in [0, 0.1) is 0 Å². The predicted molar refractivity (Wildman–Crippen MR) is 117 cm³/mol. The van der Waals surface area contributed by atoms with Crippen LogP contribution in [0.3, 0.4) is 0 Å². The first-order chi connectivity index (χ1) is 14.4. The highest BCUT2D eigenvalue weighted by Crippen LogP contribution is 2.32. The van der Waals surface area contributed by atoms with Gasteiger partial charge in [-0.15, -0.1) is 0 Å². The minimum Gasteiger partial charge on any atom is -0.356 e. The maximum atomic E-state index is 13.1. The van der Waals surface area contributed by atoms with Crippen molar-refractivity contribution in [3.05, 3.63) is 45.9 Å². The lowest BCUT2D eigenvalue weighted by Crippen LogP contribution is -2.36. The number of hydrogen-bond donors (Lipinski definition) is 4. The fourth-order valence-electron chi connectivity index (χ4n) is 4.67. The van der Waals surface area contributed by atoms with Crippen molar-refractivity contribution in [1.29, 1.82) is 0 Å². The molecule has 1 amide bonds. The maximum Gasteiger partial charge on any atom is 0.262 e. The van der Waals surface area contributed by atoms with Gasteiger partial charge in [0.1, 0.15) is 0 Å². The molecule has 5 rings (SSSR count). The second-order valence-corrected chi connectivity index (χ2v) is 8.47. The van der Waals surface area contributed by atoms with E-state index < -0.39 is 0 Å². The van der Waals surface area contributed by atoms with Crippen LogP contribution in [-0.2, 0) is 7.05 Å². The van der Waals surface area contributed by atoms with E-state index in [1.54, 1.807) is 17.7 Å². The fraction of sp³-hybridized carbons (Fsp3) is 0.409. The van der Waals surface area contributed by atoms with Gasteiger partial charge in [-0.3, -0.25) is 14.2 Å². The van der Waals surface area contributed by atoms with Crippen LogP contribution < -0.4 is 21.9 Å². The number of aromatic amines is 1. The van der Waals surface area contributed by atoms with Crippen molar-refractivity contribution in [3.63, 3.8) is 0 Å². The van der Waals surface area contributed by atoms with Gasteiger partial charge in [-0.2, -0.15) is 0 Å². The summed E-state index contributed by atoms with van der Waals surface area (Å²) in [7, 11) is 1.74. The number of carbonyl (C=O) groups is 1. The van der Waals surface area contributed by atoms with Crippen molar-refractivity contribution in [2.24, 2.45) is 12.8 Å². The number of nitrogens with two attached hydrogens (primary N) is 1. The van der Waals surface area contributed by atoms with E-state index in [1.165, 1.54) is 0 Å². The number of anilines is 1. The number of para-hydroxylation sites is 1. The van der Waals surface area contributed by atoms with Crippen LogP contribution in [-0.4, -0.2) is 32.5 Å². The standard InChI is InChI=1S/C22H26N6O2/c1-11-18-16(20(29)24-11)10-17(26-18)14-7-4-8-15-19(14)27-22(28(2)21(15)30)25-13-6-3-5-12(23)9-13/h4,7-8,10-13,26H,3,5-6,9,23H2,1-2H3,(H,24,29)(H,25,27)/t11?,12-,13+/m1/s1. The summed E-state index contributed by atoms with van der Waals surface area (Å²) < 4.78 is 1.57. The van der Waals surface area contributed by atoms with Crippen molar-refractivity contribution in [2.45, 2.75) is 50.7 Å². The van der Waals surface area contributed by atoms with Gasteiger partial charge in [-0.05, 0) is 44.7 Å². The molecule has 8 nitrogen and oxygen atoms in total. The van der Waals surface area contributed by atoms with Crippen molar-refractivity contribution < 1.29 is 4.79 Å². The third kappa shape index (κ3) is 2.99.